The molecule has 1 aliphatic heterocycles. The molecule has 1 atom stereocenters. The van der Waals surface area contributed by atoms with Crippen LogP contribution in [-0.4, -0.2) is 57.6 Å². The lowest BCUT2D eigenvalue weighted by Gasteiger charge is -2.11. The lowest BCUT2D eigenvalue weighted by molar-refractivity contribution is -0.124. The third-order valence-electron chi connectivity index (χ3n) is 4.63. The minimum atomic E-state index is -0.383. The zero-order valence-electron chi connectivity index (χ0n) is 17.9. The molecule has 0 radical (unpaired) electrons. The highest BCUT2D eigenvalue weighted by atomic mass is 16.5. The van der Waals surface area contributed by atoms with Crippen molar-refractivity contribution in [3.63, 3.8) is 0 Å². The van der Waals surface area contributed by atoms with Gasteiger partial charge >= 0.3 is 0 Å². The van der Waals surface area contributed by atoms with Crippen LogP contribution in [0.1, 0.15) is 18.4 Å². The highest BCUT2D eigenvalue weighted by Crippen LogP contribution is 2.16. The summed E-state index contributed by atoms with van der Waals surface area (Å²) in [4.78, 5) is 23.7. The zero-order valence-corrected chi connectivity index (χ0v) is 17.9. The van der Waals surface area contributed by atoms with Crippen LogP contribution in [0.3, 0.4) is 0 Å². The fraction of sp³-hybridized carbons (Fsp3) is 0.348. The normalized spacial score (nSPS) is 15.3. The smallest absolute Gasteiger partial charge is 0.277 e. The van der Waals surface area contributed by atoms with E-state index in [0.717, 1.165) is 25.0 Å². The van der Waals surface area contributed by atoms with Crippen LogP contribution >= 0.6 is 0 Å². The maximum atomic E-state index is 11.8. The molecule has 1 fully saturated rings. The van der Waals surface area contributed by atoms with E-state index < -0.39 is 0 Å². The van der Waals surface area contributed by atoms with Gasteiger partial charge in [-0.25, -0.2) is 5.43 Å². The predicted octanol–water partition coefficient (Wildman–Crippen LogP) is 1.90. The highest BCUT2D eigenvalue weighted by Gasteiger charge is 2.16. The van der Waals surface area contributed by atoms with E-state index in [-0.39, 0.29) is 31.1 Å². The van der Waals surface area contributed by atoms with Crippen LogP contribution in [-0.2, 0) is 14.3 Å². The largest absolute Gasteiger partial charge is 0.497 e. The molecule has 1 aliphatic rings. The van der Waals surface area contributed by atoms with Gasteiger partial charge in [-0.2, -0.15) is 5.10 Å². The van der Waals surface area contributed by atoms with Crippen LogP contribution in [0.15, 0.2) is 53.6 Å². The Kier molecular flexibility index (Phi) is 8.88. The number of carbonyl (C=O) groups excluding carboxylic acids is 2. The highest BCUT2D eigenvalue weighted by molar-refractivity contribution is 5.83. The molecule has 1 saturated heterocycles. The summed E-state index contributed by atoms with van der Waals surface area (Å²) in [6.07, 6.45) is 3.62. The minimum absolute atomic E-state index is 0.0651. The van der Waals surface area contributed by atoms with Crippen molar-refractivity contribution in [2.24, 2.45) is 5.10 Å². The number of carbonyl (C=O) groups is 2. The van der Waals surface area contributed by atoms with Gasteiger partial charge in [-0.15, -0.1) is 0 Å². The Morgan fingerprint density at radius 3 is 2.25 bits per heavy atom. The number of hydrogen-bond acceptors (Lipinski definition) is 7. The molecule has 2 N–H and O–H groups in total. The monoisotopic (exact) mass is 441 g/mol. The van der Waals surface area contributed by atoms with Crippen molar-refractivity contribution < 1.29 is 28.5 Å². The summed E-state index contributed by atoms with van der Waals surface area (Å²) in [5.41, 5.74) is 3.16. The first-order chi connectivity index (χ1) is 15.6. The molecule has 2 aromatic carbocycles. The molecule has 0 aliphatic carbocycles. The molecule has 3 rings (SSSR count). The van der Waals surface area contributed by atoms with Crippen LogP contribution in [0, 0.1) is 0 Å². The molecule has 2 aromatic rings. The van der Waals surface area contributed by atoms with Crippen LogP contribution in [0.4, 0.5) is 0 Å². The van der Waals surface area contributed by atoms with Crippen molar-refractivity contribution in [2.75, 3.05) is 33.5 Å². The van der Waals surface area contributed by atoms with Crippen LogP contribution < -0.4 is 25.0 Å². The molecule has 1 heterocycles. The molecular weight excluding hydrogens is 414 g/mol. The van der Waals surface area contributed by atoms with Crippen molar-refractivity contribution in [1.82, 2.24) is 10.7 Å². The molecular formula is C23H27N3O6. The predicted molar refractivity (Wildman–Crippen MR) is 118 cm³/mol. The Hall–Kier alpha value is -3.59. The van der Waals surface area contributed by atoms with Crippen LogP contribution in [0.2, 0.25) is 0 Å². The van der Waals surface area contributed by atoms with Gasteiger partial charge in [0, 0.05) is 13.2 Å². The Labute approximate surface area is 186 Å². The summed E-state index contributed by atoms with van der Waals surface area (Å²) in [7, 11) is 1.58. The van der Waals surface area contributed by atoms with E-state index in [4.69, 9.17) is 18.9 Å². The van der Waals surface area contributed by atoms with E-state index in [2.05, 4.69) is 15.8 Å². The molecule has 32 heavy (non-hydrogen) atoms. The zero-order chi connectivity index (χ0) is 22.6. The lowest BCUT2D eigenvalue weighted by atomic mass is 10.2. The van der Waals surface area contributed by atoms with Gasteiger partial charge in [0.25, 0.3) is 11.8 Å². The van der Waals surface area contributed by atoms with Gasteiger partial charge in [-0.3, -0.25) is 9.59 Å². The summed E-state index contributed by atoms with van der Waals surface area (Å²) < 4.78 is 21.4. The number of methoxy groups -OCH3 is 1. The minimum Gasteiger partial charge on any atom is -0.497 e. The van der Waals surface area contributed by atoms with Crippen LogP contribution in [0.25, 0.3) is 0 Å². The van der Waals surface area contributed by atoms with Gasteiger partial charge in [0.05, 0.1) is 19.4 Å². The van der Waals surface area contributed by atoms with Crippen molar-refractivity contribution in [3.8, 4) is 17.2 Å². The Morgan fingerprint density at radius 1 is 1.00 bits per heavy atom. The Bertz CT molecular complexity index is 893. The Morgan fingerprint density at radius 2 is 1.62 bits per heavy atom. The first-order valence-electron chi connectivity index (χ1n) is 10.3. The van der Waals surface area contributed by atoms with E-state index in [1.165, 1.54) is 6.21 Å². The summed E-state index contributed by atoms with van der Waals surface area (Å²) in [6, 6.07) is 13.9. The maximum absolute atomic E-state index is 11.8. The number of ether oxygens (including phenoxy) is 4. The van der Waals surface area contributed by atoms with E-state index >= 15 is 0 Å². The summed E-state index contributed by atoms with van der Waals surface area (Å²) in [5, 5.41) is 6.71. The molecule has 0 spiro atoms. The molecule has 0 bridgehead atoms. The van der Waals surface area contributed by atoms with Gasteiger partial charge in [0.1, 0.15) is 17.2 Å². The number of rotatable bonds is 11. The first kappa shape index (κ1) is 23.1. The molecule has 170 valence electrons. The fourth-order valence-corrected chi connectivity index (χ4v) is 2.91. The average molecular weight is 441 g/mol. The standard InChI is InChI=1S/C23H27N3O6/c1-29-18-8-10-20(11-9-18)32-16-23(28)26-25-13-17-4-6-19(7-5-17)31-15-22(27)24-14-21-3-2-12-30-21/h4-11,13,21H,2-3,12,14-16H2,1H3,(H,24,27)(H,26,28)/b25-13-/t21-/m1/s1. The summed E-state index contributed by atoms with van der Waals surface area (Å²) >= 11 is 0. The quantitative estimate of drug-likeness (QED) is 0.407. The van der Waals surface area contributed by atoms with Crippen molar-refractivity contribution >= 4 is 18.0 Å². The van der Waals surface area contributed by atoms with Crippen molar-refractivity contribution in [2.45, 2.75) is 18.9 Å². The van der Waals surface area contributed by atoms with E-state index in [1.807, 2.05) is 0 Å². The average Bonchev–Trinajstić information content (AvgIpc) is 3.35. The van der Waals surface area contributed by atoms with Gasteiger partial charge in [0.15, 0.2) is 13.2 Å². The number of hydrogen-bond donors (Lipinski definition) is 2. The number of nitrogens with one attached hydrogen (secondary N) is 2. The first-order valence-corrected chi connectivity index (χ1v) is 10.3. The summed E-state index contributed by atoms with van der Waals surface area (Å²) in [6.45, 7) is 1.04. The molecule has 9 nitrogen and oxygen atoms in total. The number of nitrogens with zero attached hydrogens (tertiary/aromatic N) is 1. The maximum Gasteiger partial charge on any atom is 0.277 e. The van der Waals surface area contributed by atoms with Crippen molar-refractivity contribution in [1.29, 1.82) is 0 Å². The van der Waals surface area contributed by atoms with Crippen LogP contribution in [0.5, 0.6) is 17.2 Å². The second-order valence-electron chi connectivity index (χ2n) is 7.05. The van der Waals surface area contributed by atoms with Gasteiger partial charge < -0.3 is 24.3 Å². The summed E-state index contributed by atoms with van der Waals surface area (Å²) in [5.74, 6) is 1.25. The van der Waals surface area contributed by atoms with E-state index in [0.29, 0.717) is 23.8 Å². The molecule has 0 unspecified atom stereocenters. The van der Waals surface area contributed by atoms with E-state index in [9.17, 15) is 9.59 Å². The molecule has 0 saturated carbocycles. The molecule has 9 heteroatoms. The number of amides is 2. The van der Waals surface area contributed by atoms with Gasteiger partial charge in [0.2, 0.25) is 0 Å². The SMILES string of the molecule is COc1ccc(OCC(=O)N/N=C\c2ccc(OCC(=O)NC[C@H]3CCCO3)cc2)cc1. The molecule has 0 aromatic heterocycles. The van der Waals surface area contributed by atoms with E-state index in [1.54, 1.807) is 55.6 Å². The van der Waals surface area contributed by atoms with Gasteiger partial charge in [-0.1, -0.05) is 0 Å². The number of benzene rings is 2. The molecule has 2 amide bonds. The Balaban J connectivity index is 1.33. The lowest BCUT2D eigenvalue weighted by Crippen LogP contribution is -2.35. The fourth-order valence-electron chi connectivity index (χ4n) is 2.91. The van der Waals surface area contributed by atoms with Gasteiger partial charge in [-0.05, 0) is 66.9 Å². The second kappa shape index (κ2) is 12.3. The third kappa shape index (κ3) is 7.92. The van der Waals surface area contributed by atoms with Crippen molar-refractivity contribution in [3.05, 3.63) is 54.1 Å². The topological polar surface area (TPSA) is 107 Å². The number of hydrazone groups is 1. The second-order valence-corrected chi connectivity index (χ2v) is 7.05. The third-order valence-corrected chi connectivity index (χ3v) is 4.63.